The lowest BCUT2D eigenvalue weighted by Crippen LogP contribution is -2.37. The van der Waals surface area contributed by atoms with Crippen molar-refractivity contribution >= 4 is 23.4 Å². The molecule has 2 amide bonds. The van der Waals surface area contributed by atoms with E-state index in [4.69, 9.17) is 11.6 Å². The molecule has 0 aliphatic carbocycles. The molecule has 4 nitrogen and oxygen atoms in total. The number of nitrogens with one attached hydrogen (secondary N) is 2. The molecule has 0 aliphatic heterocycles. The highest BCUT2D eigenvalue weighted by Gasteiger charge is 2.15. The summed E-state index contributed by atoms with van der Waals surface area (Å²) >= 11 is 5.86. The van der Waals surface area contributed by atoms with Crippen LogP contribution in [-0.2, 0) is 4.79 Å². The van der Waals surface area contributed by atoms with Crippen molar-refractivity contribution < 1.29 is 9.59 Å². The van der Waals surface area contributed by atoms with Crippen LogP contribution in [0.4, 0.5) is 0 Å². The Balaban J connectivity index is 1.83. The van der Waals surface area contributed by atoms with Gasteiger partial charge in [0.05, 0.1) is 6.04 Å². The van der Waals surface area contributed by atoms with Gasteiger partial charge in [0.25, 0.3) is 5.91 Å². The predicted molar refractivity (Wildman–Crippen MR) is 96.0 cm³/mol. The van der Waals surface area contributed by atoms with Crippen molar-refractivity contribution in [2.45, 2.75) is 32.4 Å². The van der Waals surface area contributed by atoms with Crippen molar-refractivity contribution in [1.82, 2.24) is 10.6 Å². The van der Waals surface area contributed by atoms with Crippen LogP contribution in [0.15, 0.2) is 54.6 Å². The predicted octanol–water partition coefficient (Wildman–Crippen LogP) is 3.73. The Morgan fingerprint density at radius 2 is 1.58 bits per heavy atom. The van der Waals surface area contributed by atoms with E-state index in [0.717, 1.165) is 5.56 Å². The van der Waals surface area contributed by atoms with Gasteiger partial charge in [-0.1, -0.05) is 41.9 Å². The number of hydrogen-bond donors (Lipinski definition) is 2. The van der Waals surface area contributed by atoms with Crippen LogP contribution >= 0.6 is 11.6 Å². The van der Waals surface area contributed by atoms with Crippen molar-refractivity contribution in [1.29, 1.82) is 0 Å². The molecule has 0 saturated heterocycles. The van der Waals surface area contributed by atoms with E-state index in [-0.39, 0.29) is 30.3 Å². The standard InChI is InChI=1S/C19H21ClN2O2/c1-13(21-19(24)16-6-4-3-5-7-16)12-18(23)22-14(2)15-8-10-17(20)11-9-15/h3-11,13-14H,12H2,1-2H3,(H,21,24)(H,22,23). The van der Waals surface area contributed by atoms with Gasteiger partial charge in [0.15, 0.2) is 0 Å². The van der Waals surface area contributed by atoms with E-state index in [1.54, 1.807) is 36.4 Å². The van der Waals surface area contributed by atoms with Crippen LogP contribution in [0, 0.1) is 0 Å². The van der Waals surface area contributed by atoms with Gasteiger partial charge in [0, 0.05) is 23.0 Å². The number of benzene rings is 2. The van der Waals surface area contributed by atoms with Crippen LogP contribution in [0.5, 0.6) is 0 Å². The number of carbonyl (C=O) groups is 2. The van der Waals surface area contributed by atoms with E-state index < -0.39 is 0 Å². The maximum absolute atomic E-state index is 12.1. The van der Waals surface area contributed by atoms with E-state index in [0.29, 0.717) is 10.6 Å². The van der Waals surface area contributed by atoms with E-state index >= 15 is 0 Å². The first kappa shape index (κ1) is 18.0. The number of amides is 2. The summed E-state index contributed by atoms with van der Waals surface area (Å²) in [6.07, 6.45) is 0.219. The SMILES string of the molecule is CC(CC(=O)NC(C)c1ccc(Cl)cc1)NC(=O)c1ccccc1. The summed E-state index contributed by atoms with van der Waals surface area (Å²) in [4.78, 5) is 24.2. The van der Waals surface area contributed by atoms with Crippen molar-refractivity contribution in [3.05, 3.63) is 70.7 Å². The quantitative estimate of drug-likeness (QED) is 0.839. The van der Waals surface area contributed by atoms with Gasteiger partial charge in [0.2, 0.25) is 5.91 Å². The van der Waals surface area contributed by atoms with Crippen LogP contribution < -0.4 is 10.6 Å². The van der Waals surface area contributed by atoms with Gasteiger partial charge in [-0.15, -0.1) is 0 Å². The summed E-state index contributed by atoms with van der Waals surface area (Å²) in [7, 11) is 0. The lowest BCUT2D eigenvalue weighted by atomic mass is 10.1. The zero-order valence-electron chi connectivity index (χ0n) is 13.8. The number of halogens is 1. The summed E-state index contributed by atoms with van der Waals surface area (Å²) < 4.78 is 0. The first-order valence-corrected chi connectivity index (χ1v) is 8.24. The second kappa shape index (κ2) is 8.50. The molecule has 5 heteroatoms. The molecule has 2 aromatic rings. The Morgan fingerprint density at radius 3 is 2.21 bits per heavy atom. The summed E-state index contributed by atoms with van der Waals surface area (Å²) in [5.41, 5.74) is 1.56. The van der Waals surface area contributed by atoms with E-state index in [2.05, 4.69) is 10.6 Å². The molecule has 24 heavy (non-hydrogen) atoms. The van der Waals surface area contributed by atoms with Crippen LogP contribution in [0.2, 0.25) is 5.02 Å². The minimum atomic E-state index is -0.255. The van der Waals surface area contributed by atoms with Crippen molar-refractivity contribution in [2.75, 3.05) is 0 Å². The Bertz CT molecular complexity index is 686. The fraction of sp³-hybridized carbons (Fsp3) is 0.263. The maximum atomic E-state index is 12.1. The Morgan fingerprint density at radius 1 is 0.958 bits per heavy atom. The molecule has 2 rings (SSSR count). The van der Waals surface area contributed by atoms with Crippen molar-refractivity contribution in [3.63, 3.8) is 0 Å². The monoisotopic (exact) mass is 344 g/mol. The molecule has 0 radical (unpaired) electrons. The largest absolute Gasteiger partial charge is 0.350 e. The normalized spacial score (nSPS) is 13.0. The highest BCUT2D eigenvalue weighted by atomic mass is 35.5. The smallest absolute Gasteiger partial charge is 0.251 e. The molecule has 2 atom stereocenters. The lowest BCUT2D eigenvalue weighted by molar-refractivity contribution is -0.122. The first-order chi connectivity index (χ1) is 11.5. The van der Waals surface area contributed by atoms with Gasteiger partial charge in [-0.05, 0) is 43.7 Å². The number of hydrogen-bond acceptors (Lipinski definition) is 2. The first-order valence-electron chi connectivity index (χ1n) is 7.86. The van der Waals surface area contributed by atoms with Crippen LogP contribution in [0.3, 0.4) is 0 Å². The molecule has 0 spiro atoms. The molecule has 2 aromatic carbocycles. The highest BCUT2D eigenvalue weighted by molar-refractivity contribution is 6.30. The van der Waals surface area contributed by atoms with Gasteiger partial charge >= 0.3 is 0 Å². The average Bonchev–Trinajstić information content (AvgIpc) is 2.55. The molecule has 2 unspecified atom stereocenters. The third kappa shape index (κ3) is 5.39. The zero-order chi connectivity index (χ0) is 17.5. The summed E-state index contributed by atoms with van der Waals surface area (Å²) in [5, 5.41) is 6.42. The van der Waals surface area contributed by atoms with E-state index in [1.807, 2.05) is 32.0 Å². The fourth-order valence-corrected chi connectivity index (χ4v) is 2.49. The molecular formula is C19H21ClN2O2. The minimum Gasteiger partial charge on any atom is -0.350 e. The van der Waals surface area contributed by atoms with Crippen LogP contribution in [-0.4, -0.2) is 17.9 Å². The molecule has 0 aliphatic rings. The lowest BCUT2D eigenvalue weighted by Gasteiger charge is -2.17. The second-order valence-corrected chi connectivity index (χ2v) is 6.22. The topological polar surface area (TPSA) is 58.2 Å². The zero-order valence-corrected chi connectivity index (χ0v) is 14.5. The molecule has 2 N–H and O–H groups in total. The highest BCUT2D eigenvalue weighted by Crippen LogP contribution is 2.16. The molecule has 0 heterocycles. The third-order valence-electron chi connectivity index (χ3n) is 3.65. The molecule has 0 fully saturated rings. The van der Waals surface area contributed by atoms with E-state index in [1.165, 1.54) is 0 Å². The number of rotatable bonds is 6. The van der Waals surface area contributed by atoms with Crippen molar-refractivity contribution in [2.24, 2.45) is 0 Å². The summed E-state index contributed by atoms with van der Waals surface area (Å²) in [5.74, 6) is -0.292. The Hall–Kier alpha value is -2.33. The molecule has 126 valence electrons. The Kier molecular flexibility index (Phi) is 6.38. The van der Waals surface area contributed by atoms with Gasteiger partial charge < -0.3 is 10.6 Å². The van der Waals surface area contributed by atoms with Gasteiger partial charge in [0.1, 0.15) is 0 Å². The van der Waals surface area contributed by atoms with Crippen LogP contribution in [0.25, 0.3) is 0 Å². The molecule has 0 bridgehead atoms. The van der Waals surface area contributed by atoms with Crippen molar-refractivity contribution in [3.8, 4) is 0 Å². The Labute approximate surface area is 147 Å². The summed E-state index contributed by atoms with van der Waals surface area (Å²) in [6, 6.07) is 15.9. The summed E-state index contributed by atoms with van der Waals surface area (Å²) in [6.45, 7) is 3.72. The van der Waals surface area contributed by atoms with Crippen LogP contribution in [0.1, 0.15) is 42.2 Å². The average molecular weight is 345 g/mol. The molecule has 0 saturated carbocycles. The molecular weight excluding hydrogens is 324 g/mol. The van der Waals surface area contributed by atoms with Gasteiger partial charge in [-0.2, -0.15) is 0 Å². The maximum Gasteiger partial charge on any atom is 0.251 e. The fourth-order valence-electron chi connectivity index (χ4n) is 2.36. The second-order valence-electron chi connectivity index (χ2n) is 5.79. The van der Waals surface area contributed by atoms with Gasteiger partial charge in [-0.25, -0.2) is 0 Å². The number of carbonyl (C=O) groups excluding carboxylic acids is 2. The molecule has 0 aromatic heterocycles. The van der Waals surface area contributed by atoms with E-state index in [9.17, 15) is 9.59 Å². The van der Waals surface area contributed by atoms with Gasteiger partial charge in [-0.3, -0.25) is 9.59 Å². The minimum absolute atomic E-state index is 0.113. The third-order valence-corrected chi connectivity index (χ3v) is 3.90.